The quantitative estimate of drug-likeness (QED) is 0.429. The first-order valence-corrected chi connectivity index (χ1v) is 10.3. The van der Waals surface area contributed by atoms with Crippen LogP contribution in [-0.4, -0.2) is 23.4 Å². The Morgan fingerprint density at radius 1 is 1.03 bits per heavy atom. The number of aryl methyl sites for hydroxylation is 1. The molecule has 0 atom stereocenters. The standard InChI is InChI=1S/C23H19N3O4S/c1-15-24-20(14-31-15)16-7-9-17(10-8-16)25-22(27)13-30-19-5-2-4-18(12-19)26-23(28)21-6-3-11-29-21/h2-12,14H,13H2,1H3,(H,25,27)(H,26,28). The summed E-state index contributed by atoms with van der Waals surface area (Å²) in [6.45, 7) is 1.80. The first kappa shape index (κ1) is 20.4. The highest BCUT2D eigenvalue weighted by Gasteiger charge is 2.10. The number of aromatic nitrogens is 1. The van der Waals surface area contributed by atoms with Gasteiger partial charge < -0.3 is 19.8 Å². The van der Waals surface area contributed by atoms with Gasteiger partial charge in [-0.1, -0.05) is 18.2 Å². The number of hydrogen-bond acceptors (Lipinski definition) is 6. The molecule has 4 rings (SSSR count). The first-order chi connectivity index (χ1) is 15.1. The maximum Gasteiger partial charge on any atom is 0.291 e. The Hall–Kier alpha value is -3.91. The fourth-order valence-corrected chi connectivity index (χ4v) is 3.45. The number of amides is 2. The number of furan rings is 1. The van der Waals surface area contributed by atoms with E-state index in [0.29, 0.717) is 17.1 Å². The number of nitrogens with one attached hydrogen (secondary N) is 2. The van der Waals surface area contributed by atoms with Crippen LogP contribution in [0.25, 0.3) is 11.3 Å². The molecule has 2 aromatic heterocycles. The molecule has 2 amide bonds. The van der Waals surface area contributed by atoms with Crippen molar-refractivity contribution in [2.24, 2.45) is 0 Å². The van der Waals surface area contributed by atoms with Gasteiger partial charge >= 0.3 is 0 Å². The average molecular weight is 433 g/mol. The molecule has 0 saturated heterocycles. The third-order valence-electron chi connectivity index (χ3n) is 4.29. The molecule has 0 fully saturated rings. The maximum absolute atomic E-state index is 12.2. The monoisotopic (exact) mass is 433 g/mol. The first-order valence-electron chi connectivity index (χ1n) is 9.47. The van der Waals surface area contributed by atoms with Gasteiger partial charge in [-0.3, -0.25) is 9.59 Å². The largest absolute Gasteiger partial charge is 0.484 e. The smallest absolute Gasteiger partial charge is 0.291 e. The van der Waals surface area contributed by atoms with E-state index in [1.807, 2.05) is 36.6 Å². The predicted molar refractivity (Wildman–Crippen MR) is 120 cm³/mol. The van der Waals surface area contributed by atoms with E-state index in [1.165, 1.54) is 6.26 Å². The molecule has 0 aliphatic rings. The summed E-state index contributed by atoms with van der Waals surface area (Å²) in [5.74, 6) is 0.0155. The summed E-state index contributed by atoms with van der Waals surface area (Å²) in [6.07, 6.45) is 1.43. The highest BCUT2D eigenvalue weighted by atomic mass is 32.1. The molecule has 2 N–H and O–H groups in total. The third kappa shape index (κ3) is 5.37. The van der Waals surface area contributed by atoms with E-state index >= 15 is 0 Å². The summed E-state index contributed by atoms with van der Waals surface area (Å²) < 4.78 is 10.6. The molecule has 0 radical (unpaired) electrons. The average Bonchev–Trinajstić information content (AvgIpc) is 3.45. The minimum atomic E-state index is -0.365. The van der Waals surface area contributed by atoms with Crippen molar-refractivity contribution in [3.63, 3.8) is 0 Å². The van der Waals surface area contributed by atoms with Crippen molar-refractivity contribution in [1.82, 2.24) is 4.98 Å². The van der Waals surface area contributed by atoms with Crippen LogP contribution in [0.2, 0.25) is 0 Å². The van der Waals surface area contributed by atoms with Crippen LogP contribution < -0.4 is 15.4 Å². The molecule has 2 aromatic carbocycles. The summed E-state index contributed by atoms with van der Waals surface area (Å²) in [7, 11) is 0. The number of benzene rings is 2. The molecule has 8 heteroatoms. The molecule has 2 heterocycles. The lowest BCUT2D eigenvalue weighted by molar-refractivity contribution is -0.118. The van der Waals surface area contributed by atoms with E-state index in [-0.39, 0.29) is 24.2 Å². The van der Waals surface area contributed by atoms with Crippen LogP contribution in [0.4, 0.5) is 11.4 Å². The summed E-state index contributed by atoms with van der Waals surface area (Å²) in [4.78, 5) is 28.7. The van der Waals surface area contributed by atoms with Crippen molar-refractivity contribution in [2.45, 2.75) is 6.92 Å². The maximum atomic E-state index is 12.2. The second kappa shape index (κ2) is 9.27. The van der Waals surface area contributed by atoms with E-state index in [2.05, 4.69) is 15.6 Å². The zero-order chi connectivity index (χ0) is 21.6. The van der Waals surface area contributed by atoms with Crippen LogP contribution in [0.1, 0.15) is 15.6 Å². The van der Waals surface area contributed by atoms with Crippen molar-refractivity contribution in [1.29, 1.82) is 0 Å². The molecule has 31 heavy (non-hydrogen) atoms. The molecule has 0 aliphatic carbocycles. The lowest BCUT2D eigenvalue weighted by Gasteiger charge is -2.09. The molecule has 7 nitrogen and oxygen atoms in total. The van der Waals surface area contributed by atoms with Gasteiger partial charge in [0.05, 0.1) is 17.0 Å². The summed E-state index contributed by atoms with van der Waals surface area (Å²) in [6, 6.07) is 17.5. The van der Waals surface area contributed by atoms with Crippen molar-refractivity contribution in [3.05, 3.63) is 83.1 Å². The summed E-state index contributed by atoms with van der Waals surface area (Å²) in [5, 5.41) is 8.52. The molecule has 0 aliphatic heterocycles. The van der Waals surface area contributed by atoms with E-state index in [1.54, 1.807) is 47.7 Å². The van der Waals surface area contributed by atoms with E-state index < -0.39 is 0 Å². The molecule has 0 bridgehead atoms. The second-order valence-corrected chi connectivity index (χ2v) is 7.69. The van der Waals surface area contributed by atoms with Crippen LogP contribution in [0.5, 0.6) is 5.75 Å². The van der Waals surface area contributed by atoms with Gasteiger partial charge in [0, 0.05) is 28.4 Å². The third-order valence-corrected chi connectivity index (χ3v) is 5.06. The van der Waals surface area contributed by atoms with Gasteiger partial charge in [-0.25, -0.2) is 4.98 Å². The number of thiazole rings is 1. The number of nitrogens with zero attached hydrogens (tertiary/aromatic N) is 1. The fourth-order valence-electron chi connectivity index (χ4n) is 2.83. The van der Waals surface area contributed by atoms with Gasteiger partial charge in [0.25, 0.3) is 11.8 Å². The van der Waals surface area contributed by atoms with Gasteiger partial charge in [0.1, 0.15) is 5.75 Å². The Morgan fingerprint density at radius 3 is 2.58 bits per heavy atom. The highest BCUT2D eigenvalue weighted by molar-refractivity contribution is 7.09. The number of rotatable bonds is 7. The zero-order valence-electron chi connectivity index (χ0n) is 16.6. The molecule has 0 saturated carbocycles. The highest BCUT2D eigenvalue weighted by Crippen LogP contribution is 2.23. The Balaban J connectivity index is 1.30. The minimum absolute atomic E-state index is 0.164. The molecular weight excluding hydrogens is 414 g/mol. The summed E-state index contributed by atoms with van der Waals surface area (Å²) in [5.41, 5.74) is 3.12. The van der Waals surface area contributed by atoms with Gasteiger partial charge in [-0.2, -0.15) is 0 Å². The van der Waals surface area contributed by atoms with Gasteiger partial charge in [-0.15, -0.1) is 11.3 Å². The zero-order valence-corrected chi connectivity index (χ0v) is 17.4. The Morgan fingerprint density at radius 2 is 1.87 bits per heavy atom. The Labute approximate surface area is 182 Å². The Bertz CT molecular complexity index is 1180. The lowest BCUT2D eigenvalue weighted by atomic mass is 10.1. The van der Waals surface area contributed by atoms with Crippen molar-refractivity contribution < 1.29 is 18.7 Å². The number of hydrogen-bond donors (Lipinski definition) is 2. The summed E-state index contributed by atoms with van der Waals surface area (Å²) >= 11 is 1.60. The van der Waals surface area contributed by atoms with E-state index in [4.69, 9.17) is 9.15 Å². The SMILES string of the molecule is Cc1nc(-c2ccc(NC(=O)COc3cccc(NC(=O)c4ccco4)c3)cc2)cs1. The van der Waals surface area contributed by atoms with Gasteiger partial charge in [0.15, 0.2) is 12.4 Å². The molecule has 0 spiro atoms. The van der Waals surface area contributed by atoms with Crippen molar-refractivity contribution in [2.75, 3.05) is 17.2 Å². The van der Waals surface area contributed by atoms with Gasteiger partial charge in [-0.05, 0) is 43.3 Å². The number of ether oxygens (including phenoxy) is 1. The van der Waals surface area contributed by atoms with Crippen LogP contribution in [-0.2, 0) is 4.79 Å². The normalized spacial score (nSPS) is 10.5. The Kier molecular flexibility index (Phi) is 6.09. The number of anilines is 2. The van der Waals surface area contributed by atoms with Crippen molar-refractivity contribution in [3.8, 4) is 17.0 Å². The van der Waals surface area contributed by atoms with Crippen LogP contribution >= 0.6 is 11.3 Å². The molecule has 156 valence electrons. The van der Waals surface area contributed by atoms with Crippen LogP contribution in [0.3, 0.4) is 0 Å². The minimum Gasteiger partial charge on any atom is -0.484 e. The lowest BCUT2D eigenvalue weighted by Crippen LogP contribution is -2.20. The van der Waals surface area contributed by atoms with E-state index in [9.17, 15) is 9.59 Å². The van der Waals surface area contributed by atoms with E-state index in [0.717, 1.165) is 16.3 Å². The molecule has 0 unspecified atom stereocenters. The molecule has 4 aromatic rings. The number of carbonyl (C=O) groups excluding carboxylic acids is 2. The molecular formula is C23H19N3O4S. The number of carbonyl (C=O) groups is 2. The van der Waals surface area contributed by atoms with Gasteiger partial charge in [0.2, 0.25) is 0 Å². The van der Waals surface area contributed by atoms with Crippen molar-refractivity contribution >= 4 is 34.5 Å². The fraction of sp³-hybridized carbons (Fsp3) is 0.0870. The van der Waals surface area contributed by atoms with Crippen LogP contribution in [0.15, 0.2) is 76.7 Å². The second-order valence-electron chi connectivity index (χ2n) is 6.63. The van der Waals surface area contributed by atoms with Crippen LogP contribution in [0, 0.1) is 6.92 Å². The predicted octanol–water partition coefficient (Wildman–Crippen LogP) is 4.98. The topological polar surface area (TPSA) is 93.5 Å².